The van der Waals surface area contributed by atoms with Gasteiger partial charge in [-0.25, -0.2) is 8.60 Å². The van der Waals surface area contributed by atoms with Crippen molar-refractivity contribution in [3.63, 3.8) is 0 Å². The minimum Gasteiger partial charge on any atom is -0.351 e. The lowest BCUT2D eigenvalue weighted by atomic mass is 10.0. The van der Waals surface area contributed by atoms with Crippen molar-refractivity contribution in [1.82, 2.24) is 4.90 Å². The van der Waals surface area contributed by atoms with Gasteiger partial charge in [0, 0.05) is 11.2 Å². The van der Waals surface area contributed by atoms with E-state index >= 15 is 0 Å². The van der Waals surface area contributed by atoms with E-state index in [0.29, 0.717) is 5.56 Å². The van der Waals surface area contributed by atoms with Crippen molar-refractivity contribution < 1.29 is 31.3 Å². The number of hydrogen-bond donors (Lipinski definition) is 0. The Morgan fingerprint density at radius 3 is 2.31 bits per heavy atom. The second-order valence-corrected chi connectivity index (χ2v) is 8.84. The Balaban J connectivity index is 2.33. The summed E-state index contributed by atoms with van der Waals surface area (Å²) >= 11 is 0. The number of alkyl halides is 4. The first-order valence-electron chi connectivity index (χ1n) is 7.69. The fourth-order valence-corrected chi connectivity index (χ4v) is 3.89. The van der Waals surface area contributed by atoms with Crippen LogP contribution in [0.4, 0.5) is 17.6 Å². The molecule has 5 nitrogen and oxygen atoms in total. The summed E-state index contributed by atoms with van der Waals surface area (Å²) in [5.74, 6) is -2.39. The Kier molecular flexibility index (Phi) is 5.51. The molecule has 1 saturated heterocycles. The number of hydrogen-bond acceptors (Lipinski definition) is 4. The van der Waals surface area contributed by atoms with Gasteiger partial charge in [-0.3, -0.25) is 9.69 Å². The number of rotatable bonds is 3. The maximum atomic E-state index is 13.4. The van der Waals surface area contributed by atoms with Crippen LogP contribution < -0.4 is 0 Å². The number of carbonyl (C=O) groups excluding carboxylic acids is 1. The van der Waals surface area contributed by atoms with Gasteiger partial charge in [0.25, 0.3) is 0 Å². The van der Waals surface area contributed by atoms with Gasteiger partial charge in [-0.15, -0.1) is 4.36 Å². The van der Waals surface area contributed by atoms with Crippen LogP contribution in [0.1, 0.15) is 25.5 Å². The van der Waals surface area contributed by atoms with Gasteiger partial charge in [-0.2, -0.15) is 13.2 Å². The van der Waals surface area contributed by atoms with E-state index in [1.807, 2.05) is 0 Å². The van der Waals surface area contributed by atoms with Crippen LogP contribution in [-0.2, 0) is 19.3 Å². The number of carbonyl (C=O) groups is 1. The Hall–Kier alpha value is -1.52. The fourth-order valence-electron chi connectivity index (χ4n) is 2.72. The first-order chi connectivity index (χ1) is 11.8. The van der Waals surface area contributed by atoms with Crippen LogP contribution in [0.2, 0.25) is 0 Å². The highest BCUT2D eigenvalue weighted by atomic mass is 32.2. The van der Waals surface area contributed by atoms with Crippen LogP contribution in [0.25, 0.3) is 0 Å². The maximum Gasteiger partial charge on any atom is 0.474 e. The zero-order valence-electron chi connectivity index (χ0n) is 14.7. The van der Waals surface area contributed by atoms with E-state index in [1.165, 1.54) is 24.3 Å². The molecular weight excluding hydrogens is 376 g/mol. The van der Waals surface area contributed by atoms with Crippen molar-refractivity contribution in [3.8, 4) is 0 Å². The third kappa shape index (κ3) is 4.07. The summed E-state index contributed by atoms with van der Waals surface area (Å²) in [5.41, 5.74) is -0.0986. The molecule has 1 unspecified atom stereocenters. The molecule has 1 aromatic rings. The molecule has 146 valence electrons. The Bertz CT molecular complexity index is 799. The first kappa shape index (κ1) is 20.8. The first-order valence-corrected chi connectivity index (χ1v) is 9.62. The molecule has 1 aliphatic heterocycles. The molecule has 1 aromatic carbocycles. The molecule has 0 N–H and O–H groups in total. The minimum atomic E-state index is -5.18. The topological polar surface area (TPSA) is 59.0 Å². The van der Waals surface area contributed by atoms with E-state index in [9.17, 15) is 26.6 Å². The fraction of sp³-hybridized carbons (Fsp3) is 0.562. The van der Waals surface area contributed by atoms with Crippen molar-refractivity contribution in [1.29, 1.82) is 0 Å². The predicted molar refractivity (Wildman–Crippen MR) is 87.7 cm³/mol. The summed E-state index contributed by atoms with van der Waals surface area (Å²) in [6.07, 6.45) is -4.81. The summed E-state index contributed by atoms with van der Waals surface area (Å²) in [4.78, 5) is 12.7. The molecule has 0 spiro atoms. The maximum absolute atomic E-state index is 13.4. The van der Waals surface area contributed by atoms with Gasteiger partial charge in [-0.1, -0.05) is 12.1 Å². The normalized spacial score (nSPS) is 25.7. The van der Waals surface area contributed by atoms with Crippen LogP contribution in [-0.4, -0.2) is 52.9 Å². The van der Waals surface area contributed by atoms with E-state index in [4.69, 9.17) is 4.74 Å². The number of likely N-dealkylation sites (N-methyl/N-ethyl adjacent to an activating group) is 1. The van der Waals surface area contributed by atoms with Crippen LogP contribution in [0.3, 0.4) is 0 Å². The molecular formula is C16H20F4N2O3S. The molecule has 3 atom stereocenters. The van der Waals surface area contributed by atoms with Crippen LogP contribution in [0.5, 0.6) is 0 Å². The van der Waals surface area contributed by atoms with E-state index in [-0.39, 0.29) is 4.90 Å². The van der Waals surface area contributed by atoms with Crippen molar-refractivity contribution >= 4 is 15.6 Å². The number of benzene rings is 1. The Labute approximate surface area is 149 Å². The van der Waals surface area contributed by atoms with Crippen LogP contribution in [0.15, 0.2) is 33.5 Å². The van der Waals surface area contributed by atoms with Crippen LogP contribution >= 0.6 is 0 Å². The predicted octanol–water partition coefficient (Wildman–Crippen LogP) is 3.31. The molecule has 10 heteroatoms. The number of ether oxygens (including phenoxy) is 1. The highest BCUT2D eigenvalue weighted by Gasteiger charge is 2.45. The highest BCUT2D eigenvalue weighted by Crippen LogP contribution is 2.40. The zero-order chi connectivity index (χ0) is 19.9. The number of halogens is 4. The van der Waals surface area contributed by atoms with Gasteiger partial charge in [0.2, 0.25) is 0 Å². The van der Waals surface area contributed by atoms with Gasteiger partial charge >= 0.3 is 12.1 Å². The second kappa shape index (κ2) is 6.90. The third-order valence-corrected chi connectivity index (χ3v) is 6.08. The molecule has 26 heavy (non-hydrogen) atoms. The summed E-state index contributed by atoms with van der Waals surface area (Å²) in [6, 6.07) is 5.09. The molecule has 0 aliphatic carbocycles. The Morgan fingerprint density at radius 2 is 1.85 bits per heavy atom. The summed E-state index contributed by atoms with van der Waals surface area (Å²) in [7, 11) is -1.82. The number of nitrogens with zero attached hydrogens (tertiary/aromatic N) is 2. The minimum absolute atomic E-state index is 0.0266. The van der Waals surface area contributed by atoms with E-state index in [1.54, 1.807) is 25.8 Å². The van der Waals surface area contributed by atoms with Crippen molar-refractivity contribution in [2.75, 3.05) is 20.0 Å². The number of amides is 1. The lowest BCUT2D eigenvalue weighted by molar-refractivity contribution is -0.169. The van der Waals surface area contributed by atoms with E-state index in [2.05, 4.69) is 4.36 Å². The molecule has 2 rings (SSSR count). The van der Waals surface area contributed by atoms with Gasteiger partial charge in [0.1, 0.15) is 18.5 Å². The highest BCUT2D eigenvalue weighted by molar-refractivity contribution is 7.93. The molecule has 0 saturated carbocycles. The molecule has 0 bridgehead atoms. The summed E-state index contributed by atoms with van der Waals surface area (Å²) < 4.78 is 71.5. The third-order valence-electron chi connectivity index (χ3n) is 4.42. The summed E-state index contributed by atoms with van der Waals surface area (Å²) in [5, 5.41) is 0. The van der Waals surface area contributed by atoms with Crippen molar-refractivity contribution in [2.45, 2.75) is 42.8 Å². The van der Waals surface area contributed by atoms with Gasteiger partial charge in [0.05, 0.1) is 15.8 Å². The van der Waals surface area contributed by atoms with Crippen molar-refractivity contribution in [2.24, 2.45) is 4.36 Å². The average Bonchev–Trinajstić information content (AvgIpc) is 2.76. The molecule has 1 heterocycles. The lowest BCUT2D eigenvalue weighted by Gasteiger charge is -2.28. The smallest absolute Gasteiger partial charge is 0.351 e. The van der Waals surface area contributed by atoms with Crippen molar-refractivity contribution in [3.05, 3.63) is 29.8 Å². The van der Waals surface area contributed by atoms with Gasteiger partial charge < -0.3 is 4.74 Å². The summed E-state index contributed by atoms with van der Waals surface area (Å²) in [6.45, 7) is 2.95. The van der Waals surface area contributed by atoms with Crippen LogP contribution in [0, 0.1) is 0 Å². The van der Waals surface area contributed by atoms with E-state index < -0.39 is 46.4 Å². The van der Waals surface area contributed by atoms with Gasteiger partial charge in [0.15, 0.2) is 0 Å². The monoisotopic (exact) mass is 396 g/mol. The standard InChI is InChI=1S/C16H20F4N2O3S/c1-15(2)22(3)12(9-17)13(25-15)10-5-7-11(8-6-10)26(4,24)21-14(23)16(18,19)20/h5-8,12-13H,9H2,1-4H3/t12-,13-,26?/m1/s1. The average molecular weight is 396 g/mol. The zero-order valence-corrected chi connectivity index (χ0v) is 15.5. The molecule has 1 fully saturated rings. The molecule has 1 amide bonds. The van der Waals surface area contributed by atoms with E-state index in [0.717, 1.165) is 6.26 Å². The van der Waals surface area contributed by atoms with Gasteiger partial charge in [-0.05, 0) is 38.6 Å². The molecule has 0 radical (unpaired) electrons. The largest absolute Gasteiger partial charge is 0.474 e. The quantitative estimate of drug-likeness (QED) is 0.736. The SMILES string of the molecule is CN1[C@H](CF)[C@@H](c2ccc(S(C)(=O)=NC(=O)C(F)(F)F)cc2)OC1(C)C. The second-order valence-electron chi connectivity index (χ2n) is 6.58. The Morgan fingerprint density at radius 1 is 1.31 bits per heavy atom. The molecule has 0 aromatic heterocycles. The molecule has 1 aliphatic rings. The lowest BCUT2D eigenvalue weighted by Crippen LogP contribution is -2.41.